The van der Waals surface area contributed by atoms with E-state index >= 15 is 0 Å². The molecule has 0 spiro atoms. The maximum absolute atomic E-state index is 11.2. The van der Waals surface area contributed by atoms with Crippen molar-refractivity contribution in [2.45, 2.75) is 46.2 Å². The van der Waals surface area contributed by atoms with Crippen LogP contribution in [0.5, 0.6) is 0 Å². The van der Waals surface area contributed by atoms with Gasteiger partial charge >= 0.3 is 0 Å². The largest absolute Gasteiger partial charge is 0.343 e. The second kappa shape index (κ2) is 5.52. The lowest BCUT2D eigenvalue weighted by Gasteiger charge is -2.31. The fourth-order valence-electron chi connectivity index (χ4n) is 2.48. The lowest BCUT2D eigenvalue weighted by atomic mass is 10.0. The van der Waals surface area contributed by atoms with Gasteiger partial charge in [-0.25, -0.2) is 0 Å². The smallest absolute Gasteiger partial charge is 0.219 e. The van der Waals surface area contributed by atoms with Gasteiger partial charge in [-0.3, -0.25) is 9.89 Å². The molecule has 2 heterocycles. The first-order valence-corrected chi connectivity index (χ1v) is 6.57. The number of aromatic amines is 1. The van der Waals surface area contributed by atoms with Gasteiger partial charge in [-0.15, -0.1) is 0 Å². The summed E-state index contributed by atoms with van der Waals surface area (Å²) >= 11 is 0. The van der Waals surface area contributed by atoms with E-state index < -0.39 is 0 Å². The number of aryl methyl sites for hydroxylation is 2. The molecular formula is C13H22N4O. The molecule has 1 aromatic rings. The monoisotopic (exact) mass is 250 g/mol. The van der Waals surface area contributed by atoms with Crippen molar-refractivity contribution < 1.29 is 4.79 Å². The molecular weight excluding hydrogens is 228 g/mol. The number of aromatic nitrogens is 2. The van der Waals surface area contributed by atoms with E-state index in [2.05, 4.69) is 22.4 Å². The average molecular weight is 250 g/mol. The van der Waals surface area contributed by atoms with Gasteiger partial charge in [0.1, 0.15) is 0 Å². The van der Waals surface area contributed by atoms with Gasteiger partial charge in [-0.2, -0.15) is 5.10 Å². The van der Waals surface area contributed by atoms with Crippen LogP contribution < -0.4 is 5.32 Å². The van der Waals surface area contributed by atoms with Crippen LogP contribution >= 0.6 is 0 Å². The van der Waals surface area contributed by atoms with Crippen LogP contribution in [0.3, 0.4) is 0 Å². The third-order valence-electron chi connectivity index (χ3n) is 3.79. The highest BCUT2D eigenvalue weighted by Gasteiger charge is 2.20. The van der Waals surface area contributed by atoms with Gasteiger partial charge in [-0.05, 0) is 26.7 Å². The number of likely N-dealkylation sites (tertiary alicyclic amines) is 1. The summed E-state index contributed by atoms with van der Waals surface area (Å²) in [5, 5.41) is 10.8. The van der Waals surface area contributed by atoms with Crippen molar-refractivity contribution in [3.05, 3.63) is 17.0 Å². The van der Waals surface area contributed by atoms with Crippen LogP contribution in [0.15, 0.2) is 0 Å². The number of amides is 1. The van der Waals surface area contributed by atoms with E-state index in [-0.39, 0.29) is 5.91 Å². The van der Waals surface area contributed by atoms with E-state index in [1.54, 1.807) is 6.92 Å². The van der Waals surface area contributed by atoms with E-state index in [0.29, 0.717) is 6.04 Å². The minimum absolute atomic E-state index is 0.190. The molecule has 5 nitrogen and oxygen atoms in total. The Bertz CT molecular complexity index is 399. The summed E-state index contributed by atoms with van der Waals surface area (Å²) in [6.45, 7) is 8.33. The zero-order valence-corrected chi connectivity index (χ0v) is 11.4. The number of piperidine rings is 1. The SMILES string of the molecule is CC(=O)N1CCC(NCc2c(C)n[nH]c2C)CC1. The van der Waals surface area contributed by atoms with Gasteiger partial charge in [0.05, 0.1) is 5.69 Å². The molecule has 0 atom stereocenters. The van der Waals surface area contributed by atoms with Gasteiger partial charge in [0.25, 0.3) is 0 Å². The van der Waals surface area contributed by atoms with Crippen LogP contribution in [-0.2, 0) is 11.3 Å². The molecule has 0 saturated carbocycles. The molecule has 18 heavy (non-hydrogen) atoms. The lowest BCUT2D eigenvalue weighted by molar-refractivity contribution is -0.129. The molecule has 1 amide bonds. The number of H-pyrrole nitrogens is 1. The molecule has 100 valence electrons. The minimum Gasteiger partial charge on any atom is -0.343 e. The van der Waals surface area contributed by atoms with E-state index in [9.17, 15) is 4.79 Å². The van der Waals surface area contributed by atoms with Crippen LogP contribution in [0.4, 0.5) is 0 Å². The quantitative estimate of drug-likeness (QED) is 0.845. The van der Waals surface area contributed by atoms with Crippen LogP contribution in [0.2, 0.25) is 0 Å². The highest BCUT2D eigenvalue weighted by molar-refractivity contribution is 5.73. The fourth-order valence-corrected chi connectivity index (χ4v) is 2.48. The van der Waals surface area contributed by atoms with Gasteiger partial charge < -0.3 is 10.2 Å². The number of hydrogen-bond donors (Lipinski definition) is 2. The Labute approximate surface area is 108 Å². The first-order valence-electron chi connectivity index (χ1n) is 6.57. The van der Waals surface area contributed by atoms with Crippen molar-refractivity contribution >= 4 is 5.91 Å². The normalized spacial score (nSPS) is 17.2. The highest BCUT2D eigenvalue weighted by Crippen LogP contribution is 2.13. The summed E-state index contributed by atoms with van der Waals surface area (Å²) in [6, 6.07) is 0.509. The predicted octanol–water partition coefficient (Wildman–Crippen LogP) is 1.13. The number of nitrogens with zero attached hydrogens (tertiary/aromatic N) is 2. The first kappa shape index (κ1) is 13.1. The molecule has 0 unspecified atom stereocenters. The van der Waals surface area contributed by atoms with Crippen molar-refractivity contribution in [1.29, 1.82) is 0 Å². The van der Waals surface area contributed by atoms with Crippen molar-refractivity contribution in [2.75, 3.05) is 13.1 Å². The van der Waals surface area contributed by atoms with Crippen LogP contribution in [0.25, 0.3) is 0 Å². The molecule has 2 N–H and O–H groups in total. The molecule has 1 fully saturated rings. The van der Waals surface area contributed by atoms with E-state index in [1.165, 1.54) is 5.56 Å². The van der Waals surface area contributed by atoms with Gasteiger partial charge in [0, 0.05) is 43.9 Å². The number of hydrogen-bond acceptors (Lipinski definition) is 3. The fraction of sp³-hybridized carbons (Fsp3) is 0.692. The summed E-state index contributed by atoms with van der Waals surface area (Å²) in [6.07, 6.45) is 2.07. The Kier molecular flexibility index (Phi) is 4.01. The summed E-state index contributed by atoms with van der Waals surface area (Å²) in [7, 11) is 0. The van der Waals surface area contributed by atoms with E-state index in [1.807, 2.05) is 11.8 Å². The van der Waals surface area contributed by atoms with Crippen molar-refractivity contribution in [1.82, 2.24) is 20.4 Å². The second-order valence-electron chi connectivity index (χ2n) is 5.07. The lowest BCUT2D eigenvalue weighted by Crippen LogP contribution is -2.44. The Morgan fingerprint density at radius 1 is 1.44 bits per heavy atom. The molecule has 0 bridgehead atoms. The molecule has 5 heteroatoms. The maximum atomic E-state index is 11.2. The van der Waals surface area contributed by atoms with Crippen molar-refractivity contribution in [3.8, 4) is 0 Å². The van der Waals surface area contributed by atoms with Crippen LogP contribution in [0, 0.1) is 13.8 Å². The molecule has 2 rings (SSSR count). The molecule has 0 aromatic carbocycles. The zero-order chi connectivity index (χ0) is 13.1. The van der Waals surface area contributed by atoms with Gasteiger partial charge in [-0.1, -0.05) is 0 Å². The Hall–Kier alpha value is -1.36. The summed E-state index contributed by atoms with van der Waals surface area (Å²) in [5.41, 5.74) is 3.48. The molecule has 1 aliphatic heterocycles. The summed E-state index contributed by atoms with van der Waals surface area (Å²) < 4.78 is 0. The number of carbonyl (C=O) groups is 1. The molecule has 0 aliphatic carbocycles. The maximum Gasteiger partial charge on any atom is 0.219 e. The zero-order valence-electron chi connectivity index (χ0n) is 11.4. The van der Waals surface area contributed by atoms with E-state index in [0.717, 1.165) is 43.9 Å². The van der Waals surface area contributed by atoms with Crippen LogP contribution in [-0.4, -0.2) is 40.1 Å². The van der Waals surface area contributed by atoms with Gasteiger partial charge in [0.2, 0.25) is 5.91 Å². The predicted molar refractivity (Wildman–Crippen MR) is 70.2 cm³/mol. The summed E-state index contributed by atoms with van der Waals surface area (Å²) in [4.78, 5) is 13.2. The first-order chi connectivity index (χ1) is 8.58. The molecule has 0 radical (unpaired) electrons. The Morgan fingerprint density at radius 3 is 2.61 bits per heavy atom. The Balaban J connectivity index is 1.81. The topological polar surface area (TPSA) is 61.0 Å². The third-order valence-corrected chi connectivity index (χ3v) is 3.79. The molecule has 1 aliphatic rings. The van der Waals surface area contributed by atoms with Crippen molar-refractivity contribution in [2.24, 2.45) is 0 Å². The van der Waals surface area contributed by atoms with Crippen LogP contribution in [0.1, 0.15) is 36.7 Å². The van der Waals surface area contributed by atoms with E-state index in [4.69, 9.17) is 0 Å². The Morgan fingerprint density at radius 2 is 2.11 bits per heavy atom. The van der Waals surface area contributed by atoms with Gasteiger partial charge in [0.15, 0.2) is 0 Å². The second-order valence-corrected chi connectivity index (χ2v) is 5.07. The third kappa shape index (κ3) is 2.90. The average Bonchev–Trinajstić information content (AvgIpc) is 2.67. The number of rotatable bonds is 3. The van der Waals surface area contributed by atoms with Crippen molar-refractivity contribution in [3.63, 3.8) is 0 Å². The number of nitrogens with one attached hydrogen (secondary N) is 2. The summed E-state index contributed by atoms with van der Waals surface area (Å²) in [5.74, 6) is 0.190. The number of carbonyl (C=O) groups excluding carboxylic acids is 1. The standard InChI is InChI=1S/C13H22N4O/c1-9-13(10(2)16-15-9)8-14-12-4-6-17(7-5-12)11(3)18/h12,14H,4-8H2,1-3H3,(H,15,16). The molecule has 1 aromatic heterocycles. The highest BCUT2D eigenvalue weighted by atomic mass is 16.2. The molecule has 1 saturated heterocycles. The minimum atomic E-state index is 0.190.